The summed E-state index contributed by atoms with van der Waals surface area (Å²) in [6.45, 7) is 9.13. The smallest absolute Gasteiger partial charge is 0.201 e. The minimum atomic E-state index is 0.311. The largest absolute Gasteiger partial charge is 0.212 e. The predicted octanol–water partition coefficient (Wildman–Crippen LogP) is 4.95. The highest BCUT2D eigenvalue weighted by molar-refractivity contribution is 5.61. The fourth-order valence-corrected chi connectivity index (χ4v) is 3.39. The summed E-state index contributed by atoms with van der Waals surface area (Å²) in [5.41, 5.74) is 5.77. The van der Waals surface area contributed by atoms with Gasteiger partial charge in [0.2, 0.25) is 5.69 Å². The van der Waals surface area contributed by atoms with E-state index in [1.54, 1.807) is 0 Å². The first-order valence-electron chi connectivity index (χ1n) is 8.14. The van der Waals surface area contributed by atoms with Crippen LogP contribution in [-0.4, -0.2) is 0 Å². The minimum absolute atomic E-state index is 0.311. The number of nitrogens with zero attached hydrogens (tertiary/aromatic N) is 1. The van der Waals surface area contributed by atoms with Crippen LogP contribution in [0.5, 0.6) is 0 Å². The molecule has 21 heavy (non-hydrogen) atoms. The molecule has 0 aliphatic rings. The Morgan fingerprint density at radius 2 is 1.57 bits per heavy atom. The molecule has 112 valence electrons. The van der Waals surface area contributed by atoms with E-state index in [0.29, 0.717) is 5.41 Å². The van der Waals surface area contributed by atoms with Gasteiger partial charge in [0.15, 0.2) is 6.20 Å². The van der Waals surface area contributed by atoms with Gasteiger partial charge in [0.25, 0.3) is 0 Å². The van der Waals surface area contributed by atoms with Gasteiger partial charge in [-0.1, -0.05) is 39.0 Å². The molecule has 1 nitrogen and oxygen atoms in total. The quantitative estimate of drug-likeness (QED) is 0.683. The maximum Gasteiger partial charge on any atom is 0.212 e. The fraction of sp³-hybridized carbons (Fsp3) is 0.450. The van der Waals surface area contributed by atoms with Gasteiger partial charge >= 0.3 is 0 Å². The van der Waals surface area contributed by atoms with E-state index in [0.717, 1.165) is 0 Å². The summed E-state index contributed by atoms with van der Waals surface area (Å²) in [6, 6.07) is 13.4. The number of hydrogen-bond donors (Lipinski definition) is 0. The Labute approximate surface area is 129 Å². The molecule has 0 radical (unpaired) electrons. The highest BCUT2D eigenvalue weighted by atomic mass is 14.9. The van der Waals surface area contributed by atoms with Crippen molar-refractivity contribution in [3.05, 3.63) is 53.7 Å². The lowest BCUT2D eigenvalue weighted by atomic mass is 9.74. The fourth-order valence-electron chi connectivity index (χ4n) is 3.39. The normalized spacial score (nSPS) is 11.7. The highest BCUT2D eigenvalue weighted by Gasteiger charge is 2.28. The van der Waals surface area contributed by atoms with Gasteiger partial charge in [-0.05, 0) is 48.8 Å². The van der Waals surface area contributed by atoms with Gasteiger partial charge in [0, 0.05) is 17.7 Å². The standard InChI is InChI=1S/C20H28N/c1-6-20(7-2,8-3)17-13-14-21(5)19(15-17)18-12-10-9-11-16(18)4/h9-15H,6-8H2,1-5H3/q+1. The second kappa shape index (κ2) is 6.43. The van der Waals surface area contributed by atoms with Crippen molar-refractivity contribution in [1.82, 2.24) is 0 Å². The van der Waals surface area contributed by atoms with Crippen molar-refractivity contribution in [3.8, 4) is 11.3 Å². The molecule has 1 heteroatoms. The Morgan fingerprint density at radius 1 is 0.952 bits per heavy atom. The van der Waals surface area contributed by atoms with Crippen LogP contribution in [0.25, 0.3) is 11.3 Å². The second-order valence-electron chi connectivity index (χ2n) is 6.07. The molecule has 0 N–H and O–H groups in total. The molecule has 1 aromatic carbocycles. The van der Waals surface area contributed by atoms with Gasteiger partial charge in [0.1, 0.15) is 7.05 Å². The Morgan fingerprint density at radius 3 is 2.14 bits per heavy atom. The minimum Gasteiger partial charge on any atom is -0.201 e. The van der Waals surface area contributed by atoms with Gasteiger partial charge < -0.3 is 0 Å². The van der Waals surface area contributed by atoms with Gasteiger partial charge in [-0.25, -0.2) is 4.57 Å². The van der Waals surface area contributed by atoms with E-state index in [9.17, 15) is 0 Å². The SMILES string of the molecule is CCC(CC)(CC)c1cc[n+](C)c(-c2ccccc2C)c1. The van der Waals surface area contributed by atoms with Crippen molar-refractivity contribution in [3.63, 3.8) is 0 Å². The van der Waals surface area contributed by atoms with E-state index in [1.165, 1.54) is 41.6 Å². The van der Waals surface area contributed by atoms with E-state index < -0.39 is 0 Å². The van der Waals surface area contributed by atoms with Crippen LogP contribution < -0.4 is 4.57 Å². The van der Waals surface area contributed by atoms with Crippen LogP contribution in [0.3, 0.4) is 0 Å². The summed E-state index contributed by atoms with van der Waals surface area (Å²) in [4.78, 5) is 0. The summed E-state index contributed by atoms with van der Waals surface area (Å²) in [5, 5.41) is 0. The molecular formula is C20H28N+. The van der Waals surface area contributed by atoms with E-state index in [2.05, 4.69) is 81.9 Å². The molecule has 0 spiro atoms. The van der Waals surface area contributed by atoms with Crippen molar-refractivity contribution in [1.29, 1.82) is 0 Å². The lowest BCUT2D eigenvalue weighted by Crippen LogP contribution is -2.33. The Bertz CT molecular complexity index is 601. The third kappa shape index (κ3) is 2.88. The number of pyridine rings is 1. The number of rotatable bonds is 5. The molecule has 2 aromatic rings. The first-order chi connectivity index (χ1) is 10.1. The van der Waals surface area contributed by atoms with Gasteiger partial charge in [-0.3, -0.25) is 0 Å². The lowest BCUT2D eigenvalue weighted by Gasteiger charge is -2.31. The topological polar surface area (TPSA) is 3.88 Å². The summed E-state index contributed by atoms with van der Waals surface area (Å²) in [6.07, 6.45) is 5.80. The summed E-state index contributed by atoms with van der Waals surface area (Å²) < 4.78 is 2.23. The summed E-state index contributed by atoms with van der Waals surface area (Å²) in [5.74, 6) is 0. The van der Waals surface area contributed by atoms with Gasteiger partial charge in [-0.2, -0.15) is 0 Å². The maximum atomic E-state index is 2.40. The van der Waals surface area contributed by atoms with Crippen molar-refractivity contribution in [2.45, 2.75) is 52.4 Å². The molecule has 0 amide bonds. The molecule has 1 aromatic heterocycles. The first-order valence-corrected chi connectivity index (χ1v) is 8.14. The van der Waals surface area contributed by atoms with Gasteiger partial charge in [-0.15, -0.1) is 0 Å². The summed E-state index contributed by atoms with van der Waals surface area (Å²) >= 11 is 0. The zero-order valence-corrected chi connectivity index (χ0v) is 14.1. The monoisotopic (exact) mass is 282 g/mol. The van der Waals surface area contributed by atoms with Crippen LogP contribution in [0, 0.1) is 6.92 Å². The van der Waals surface area contributed by atoms with Crippen LogP contribution in [-0.2, 0) is 12.5 Å². The molecule has 0 aliphatic heterocycles. The summed E-state index contributed by atoms with van der Waals surface area (Å²) in [7, 11) is 2.14. The zero-order valence-electron chi connectivity index (χ0n) is 14.1. The maximum absolute atomic E-state index is 2.40. The number of aromatic nitrogens is 1. The average Bonchev–Trinajstić information content (AvgIpc) is 2.52. The zero-order chi connectivity index (χ0) is 15.5. The van der Waals surface area contributed by atoms with Crippen molar-refractivity contribution < 1.29 is 4.57 Å². The van der Waals surface area contributed by atoms with E-state index >= 15 is 0 Å². The lowest BCUT2D eigenvalue weighted by molar-refractivity contribution is -0.660. The predicted molar refractivity (Wildman–Crippen MR) is 90.3 cm³/mol. The van der Waals surface area contributed by atoms with Crippen molar-refractivity contribution >= 4 is 0 Å². The molecule has 2 rings (SSSR count). The van der Waals surface area contributed by atoms with Crippen LogP contribution >= 0.6 is 0 Å². The van der Waals surface area contributed by atoms with Crippen molar-refractivity contribution in [2.24, 2.45) is 7.05 Å². The number of hydrogen-bond acceptors (Lipinski definition) is 0. The van der Waals surface area contributed by atoms with Crippen LogP contribution in [0.4, 0.5) is 0 Å². The molecule has 0 saturated carbocycles. The Balaban J connectivity index is 2.60. The van der Waals surface area contributed by atoms with Crippen LogP contribution in [0.2, 0.25) is 0 Å². The number of benzene rings is 1. The van der Waals surface area contributed by atoms with Crippen LogP contribution in [0.15, 0.2) is 42.6 Å². The number of aryl methyl sites for hydroxylation is 2. The van der Waals surface area contributed by atoms with Crippen LogP contribution in [0.1, 0.15) is 51.2 Å². The third-order valence-corrected chi connectivity index (χ3v) is 5.21. The van der Waals surface area contributed by atoms with Crippen molar-refractivity contribution in [2.75, 3.05) is 0 Å². The Hall–Kier alpha value is -1.63. The molecule has 0 unspecified atom stereocenters. The molecule has 0 aliphatic carbocycles. The highest BCUT2D eigenvalue weighted by Crippen LogP contribution is 2.36. The molecule has 0 atom stereocenters. The Kier molecular flexibility index (Phi) is 4.82. The van der Waals surface area contributed by atoms with Gasteiger partial charge in [0.05, 0.1) is 0 Å². The second-order valence-corrected chi connectivity index (χ2v) is 6.07. The van der Waals surface area contributed by atoms with E-state index in [4.69, 9.17) is 0 Å². The van der Waals surface area contributed by atoms with E-state index in [1.807, 2.05) is 0 Å². The third-order valence-electron chi connectivity index (χ3n) is 5.21. The molecular weight excluding hydrogens is 254 g/mol. The first kappa shape index (κ1) is 15.8. The molecule has 0 saturated heterocycles. The average molecular weight is 282 g/mol. The van der Waals surface area contributed by atoms with E-state index in [-0.39, 0.29) is 0 Å². The molecule has 0 fully saturated rings. The molecule has 0 bridgehead atoms. The molecule has 1 heterocycles.